The van der Waals surface area contributed by atoms with E-state index >= 15 is 0 Å². The van der Waals surface area contributed by atoms with Crippen molar-refractivity contribution in [2.45, 2.75) is 25.7 Å². The van der Waals surface area contributed by atoms with Crippen LogP contribution in [0.25, 0.3) is 0 Å². The molecule has 0 saturated carbocycles. The first-order valence-electron chi connectivity index (χ1n) is 4.60. The zero-order chi connectivity index (χ0) is 11.6. The third-order valence-corrected chi connectivity index (χ3v) is 3.60. The molecule has 0 aliphatic rings. The van der Waals surface area contributed by atoms with Crippen molar-refractivity contribution in [1.82, 2.24) is 0 Å². The summed E-state index contributed by atoms with van der Waals surface area (Å²) in [4.78, 5) is 11.2. The van der Waals surface area contributed by atoms with Gasteiger partial charge in [-0.05, 0) is 31.0 Å². The first kappa shape index (κ1) is 12.5. The first-order chi connectivity index (χ1) is 6.91. The fourth-order valence-corrected chi connectivity index (χ4v) is 2.51. The van der Waals surface area contributed by atoms with Gasteiger partial charge in [0, 0.05) is 9.50 Å². The Kier molecular flexibility index (Phi) is 3.79. The van der Waals surface area contributed by atoms with Crippen LogP contribution in [0, 0.1) is 0 Å². The lowest BCUT2D eigenvalue weighted by atomic mass is 9.80. The highest BCUT2D eigenvalue weighted by Crippen LogP contribution is 2.34. The van der Waals surface area contributed by atoms with Crippen LogP contribution in [0.2, 0.25) is 5.02 Å². The van der Waals surface area contributed by atoms with Crippen molar-refractivity contribution in [3.63, 3.8) is 0 Å². The summed E-state index contributed by atoms with van der Waals surface area (Å²) < 4.78 is 0.738. The van der Waals surface area contributed by atoms with Gasteiger partial charge in [0.15, 0.2) is 0 Å². The van der Waals surface area contributed by atoms with Crippen LogP contribution in [-0.2, 0) is 10.2 Å². The molecule has 1 rings (SSSR count). The average Bonchev–Trinajstić information content (AvgIpc) is 2.16. The third kappa shape index (κ3) is 2.34. The number of hydrogen-bond acceptors (Lipinski definition) is 1. The summed E-state index contributed by atoms with van der Waals surface area (Å²) in [6.07, 6.45) is 0.530. The molecule has 0 bridgehead atoms. The number of benzene rings is 1. The van der Waals surface area contributed by atoms with Gasteiger partial charge < -0.3 is 5.11 Å². The summed E-state index contributed by atoms with van der Waals surface area (Å²) >= 11 is 9.16. The number of aliphatic carboxylic acids is 1. The average molecular weight is 292 g/mol. The van der Waals surface area contributed by atoms with Crippen LogP contribution >= 0.6 is 27.5 Å². The lowest BCUT2D eigenvalue weighted by Crippen LogP contribution is -2.31. The molecule has 15 heavy (non-hydrogen) atoms. The number of carboxylic acids is 1. The summed E-state index contributed by atoms with van der Waals surface area (Å²) in [7, 11) is 0. The van der Waals surface area contributed by atoms with E-state index in [1.54, 1.807) is 25.1 Å². The summed E-state index contributed by atoms with van der Waals surface area (Å²) in [5.41, 5.74) is -0.120. The standard InChI is InChI=1S/C11H12BrClO2/c1-3-11(2,10(14)15)8-5-4-7(13)6-9(8)12/h4-6H,3H2,1-2H3,(H,14,15). The SMILES string of the molecule is CCC(C)(C(=O)O)c1ccc(Cl)cc1Br. The molecule has 0 spiro atoms. The molecule has 82 valence electrons. The second-order valence-electron chi connectivity index (χ2n) is 3.61. The van der Waals surface area contributed by atoms with Crippen molar-refractivity contribution >= 4 is 33.5 Å². The number of halogens is 2. The van der Waals surface area contributed by atoms with Crippen LogP contribution in [0.1, 0.15) is 25.8 Å². The Morgan fingerprint density at radius 3 is 2.60 bits per heavy atom. The van der Waals surface area contributed by atoms with Crippen molar-refractivity contribution in [1.29, 1.82) is 0 Å². The Balaban J connectivity index is 3.30. The monoisotopic (exact) mass is 290 g/mol. The molecule has 0 saturated heterocycles. The van der Waals surface area contributed by atoms with Crippen LogP contribution in [-0.4, -0.2) is 11.1 Å². The summed E-state index contributed by atoms with van der Waals surface area (Å²) in [5.74, 6) is -0.826. The van der Waals surface area contributed by atoms with E-state index in [-0.39, 0.29) is 0 Å². The molecular formula is C11H12BrClO2. The van der Waals surface area contributed by atoms with Crippen LogP contribution in [0.3, 0.4) is 0 Å². The Labute approximate surface area is 102 Å². The van der Waals surface area contributed by atoms with Gasteiger partial charge in [0.2, 0.25) is 0 Å². The van der Waals surface area contributed by atoms with E-state index in [4.69, 9.17) is 11.6 Å². The molecule has 1 aromatic rings. The van der Waals surface area contributed by atoms with Crippen LogP contribution < -0.4 is 0 Å². The zero-order valence-corrected chi connectivity index (χ0v) is 10.9. The number of rotatable bonds is 3. The highest BCUT2D eigenvalue weighted by atomic mass is 79.9. The van der Waals surface area contributed by atoms with Gasteiger partial charge in [-0.2, -0.15) is 0 Å². The normalized spacial score (nSPS) is 14.7. The highest BCUT2D eigenvalue weighted by Gasteiger charge is 2.34. The molecule has 0 amide bonds. The fraction of sp³-hybridized carbons (Fsp3) is 0.364. The molecule has 1 unspecified atom stereocenters. The predicted octanol–water partition coefficient (Wildman–Crippen LogP) is 3.85. The second kappa shape index (κ2) is 4.54. The van der Waals surface area contributed by atoms with E-state index < -0.39 is 11.4 Å². The first-order valence-corrected chi connectivity index (χ1v) is 5.78. The van der Waals surface area contributed by atoms with Gasteiger partial charge in [-0.25, -0.2) is 0 Å². The molecular weight excluding hydrogens is 279 g/mol. The maximum Gasteiger partial charge on any atom is 0.313 e. The molecule has 0 aromatic heterocycles. The van der Waals surface area contributed by atoms with Gasteiger partial charge in [0.25, 0.3) is 0 Å². The summed E-state index contributed by atoms with van der Waals surface area (Å²) in [6.45, 7) is 3.57. The highest BCUT2D eigenvalue weighted by molar-refractivity contribution is 9.10. The van der Waals surface area contributed by atoms with E-state index in [1.165, 1.54) is 0 Å². The molecule has 0 aliphatic heterocycles. The molecule has 4 heteroatoms. The fourth-order valence-electron chi connectivity index (χ4n) is 1.39. The van der Waals surface area contributed by atoms with Crippen LogP contribution in [0.5, 0.6) is 0 Å². The van der Waals surface area contributed by atoms with Crippen molar-refractivity contribution in [2.75, 3.05) is 0 Å². The lowest BCUT2D eigenvalue weighted by Gasteiger charge is -2.24. The summed E-state index contributed by atoms with van der Waals surface area (Å²) in [6, 6.07) is 5.18. The number of carbonyl (C=O) groups is 1. The minimum atomic E-state index is -0.872. The van der Waals surface area contributed by atoms with E-state index in [9.17, 15) is 9.90 Å². The Morgan fingerprint density at radius 1 is 1.60 bits per heavy atom. The molecule has 0 aliphatic carbocycles. The number of hydrogen-bond donors (Lipinski definition) is 1. The smallest absolute Gasteiger partial charge is 0.313 e. The quantitative estimate of drug-likeness (QED) is 0.918. The maximum absolute atomic E-state index is 11.2. The van der Waals surface area contributed by atoms with Crippen molar-refractivity contribution in [3.05, 3.63) is 33.3 Å². The van der Waals surface area contributed by atoms with Gasteiger partial charge in [-0.1, -0.05) is 40.5 Å². The molecule has 2 nitrogen and oxygen atoms in total. The van der Waals surface area contributed by atoms with E-state index in [2.05, 4.69) is 15.9 Å². The van der Waals surface area contributed by atoms with Crippen molar-refractivity contribution < 1.29 is 9.90 Å². The zero-order valence-electron chi connectivity index (χ0n) is 8.55. The van der Waals surface area contributed by atoms with E-state index in [0.29, 0.717) is 11.4 Å². The van der Waals surface area contributed by atoms with E-state index in [1.807, 2.05) is 6.92 Å². The topological polar surface area (TPSA) is 37.3 Å². The minimum absolute atomic E-state index is 0.530. The minimum Gasteiger partial charge on any atom is -0.481 e. The van der Waals surface area contributed by atoms with Crippen LogP contribution in [0.15, 0.2) is 22.7 Å². The van der Waals surface area contributed by atoms with Crippen molar-refractivity contribution in [2.24, 2.45) is 0 Å². The molecule has 0 heterocycles. The van der Waals surface area contributed by atoms with Gasteiger partial charge in [0.1, 0.15) is 0 Å². The van der Waals surface area contributed by atoms with Gasteiger partial charge in [-0.3, -0.25) is 4.79 Å². The Hall–Kier alpha value is -0.540. The molecule has 1 atom stereocenters. The lowest BCUT2D eigenvalue weighted by molar-refractivity contribution is -0.143. The Morgan fingerprint density at radius 2 is 2.20 bits per heavy atom. The molecule has 0 fully saturated rings. The molecule has 0 radical (unpaired) electrons. The third-order valence-electron chi connectivity index (χ3n) is 2.70. The van der Waals surface area contributed by atoms with Gasteiger partial charge in [0.05, 0.1) is 5.41 Å². The largest absolute Gasteiger partial charge is 0.481 e. The molecule has 1 aromatic carbocycles. The second-order valence-corrected chi connectivity index (χ2v) is 4.91. The van der Waals surface area contributed by atoms with Gasteiger partial charge in [-0.15, -0.1) is 0 Å². The van der Waals surface area contributed by atoms with Crippen molar-refractivity contribution in [3.8, 4) is 0 Å². The Bertz CT molecular complexity index is 392. The van der Waals surface area contributed by atoms with Gasteiger partial charge >= 0.3 is 5.97 Å². The number of carboxylic acid groups (broad SMARTS) is 1. The van der Waals surface area contributed by atoms with E-state index in [0.717, 1.165) is 10.0 Å². The summed E-state index contributed by atoms with van der Waals surface area (Å²) in [5, 5.41) is 9.82. The van der Waals surface area contributed by atoms with Crippen LogP contribution in [0.4, 0.5) is 0 Å². The maximum atomic E-state index is 11.2. The predicted molar refractivity (Wildman–Crippen MR) is 64.4 cm³/mol. The molecule has 1 N–H and O–H groups in total.